The Balaban J connectivity index is 1.91. The smallest absolute Gasteiger partial charge is 0.0196 e. The predicted molar refractivity (Wildman–Crippen MR) is 69.7 cm³/mol. The molecule has 0 spiro atoms. The molecule has 0 aromatic rings. The molecule has 1 saturated heterocycles. The van der Waals surface area contributed by atoms with Crippen LogP contribution in [0, 0.1) is 5.92 Å². The fourth-order valence-corrected chi connectivity index (χ4v) is 3.01. The fourth-order valence-electron chi connectivity index (χ4n) is 3.01. The van der Waals surface area contributed by atoms with Gasteiger partial charge in [-0.1, -0.05) is 26.7 Å². The monoisotopic (exact) mass is 224 g/mol. The van der Waals surface area contributed by atoms with Crippen molar-refractivity contribution in [3.8, 4) is 0 Å². The third-order valence-electron chi connectivity index (χ3n) is 4.43. The van der Waals surface area contributed by atoms with Gasteiger partial charge in [0.1, 0.15) is 0 Å². The summed E-state index contributed by atoms with van der Waals surface area (Å²) in [5.74, 6) is 1.06. The van der Waals surface area contributed by atoms with Crippen molar-refractivity contribution in [3.05, 3.63) is 0 Å². The molecule has 3 atom stereocenters. The Kier molecular flexibility index (Phi) is 4.26. The first kappa shape index (κ1) is 12.4. The van der Waals surface area contributed by atoms with Crippen LogP contribution in [0.5, 0.6) is 0 Å². The van der Waals surface area contributed by atoms with Gasteiger partial charge < -0.3 is 5.32 Å². The van der Waals surface area contributed by atoms with E-state index in [4.69, 9.17) is 0 Å². The van der Waals surface area contributed by atoms with Crippen molar-refractivity contribution in [2.75, 3.05) is 13.1 Å². The molecule has 2 heteroatoms. The molecule has 0 amide bonds. The van der Waals surface area contributed by atoms with Crippen LogP contribution in [0.2, 0.25) is 0 Å². The molecule has 1 saturated carbocycles. The highest BCUT2D eigenvalue weighted by molar-refractivity contribution is 4.89. The molecule has 1 N–H and O–H groups in total. The van der Waals surface area contributed by atoms with E-state index in [0.717, 1.165) is 24.0 Å². The highest BCUT2D eigenvalue weighted by Gasteiger charge is 2.32. The van der Waals surface area contributed by atoms with Crippen LogP contribution in [0.15, 0.2) is 0 Å². The number of hydrogen-bond acceptors (Lipinski definition) is 2. The van der Waals surface area contributed by atoms with Crippen LogP contribution < -0.4 is 5.32 Å². The lowest BCUT2D eigenvalue weighted by Gasteiger charge is -2.43. The first-order chi connectivity index (χ1) is 7.74. The third kappa shape index (κ3) is 2.98. The van der Waals surface area contributed by atoms with Crippen LogP contribution in [0.1, 0.15) is 52.9 Å². The molecule has 2 rings (SSSR count). The molecular weight excluding hydrogens is 196 g/mol. The summed E-state index contributed by atoms with van der Waals surface area (Å²) in [5, 5.41) is 3.65. The Hall–Kier alpha value is -0.0800. The van der Waals surface area contributed by atoms with Crippen molar-refractivity contribution in [3.63, 3.8) is 0 Å². The highest BCUT2D eigenvalue weighted by Crippen LogP contribution is 2.36. The lowest BCUT2D eigenvalue weighted by molar-refractivity contribution is 0.0794. The number of nitrogens with zero attached hydrogens (tertiary/aromatic N) is 1. The Morgan fingerprint density at radius 2 is 2.06 bits per heavy atom. The van der Waals surface area contributed by atoms with Crippen molar-refractivity contribution in [1.29, 1.82) is 0 Å². The van der Waals surface area contributed by atoms with Gasteiger partial charge in [0.15, 0.2) is 0 Å². The maximum absolute atomic E-state index is 3.65. The maximum atomic E-state index is 3.65. The summed E-state index contributed by atoms with van der Waals surface area (Å²) < 4.78 is 0. The molecule has 2 fully saturated rings. The van der Waals surface area contributed by atoms with Crippen LogP contribution in [0.4, 0.5) is 0 Å². The van der Waals surface area contributed by atoms with E-state index in [-0.39, 0.29) is 0 Å². The first-order valence-electron chi connectivity index (χ1n) is 7.23. The largest absolute Gasteiger partial charge is 0.311 e. The lowest BCUT2D eigenvalue weighted by atomic mass is 10.00. The van der Waals surface area contributed by atoms with Crippen LogP contribution in [-0.2, 0) is 0 Å². The molecule has 16 heavy (non-hydrogen) atoms. The summed E-state index contributed by atoms with van der Waals surface area (Å²) in [6.45, 7) is 9.49. The van der Waals surface area contributed by atoms with Gasteiger partial charge >= 0.3 is 0 Å². The number of piperazine rings is 1. The van der Waals surface area contributed by atoms with Crippen LogP contribution >= 0.6 is 0 Å². The van der Waals surface area contributed by atoms with Crippen LogP contribution in [0.3, 0.4) is 0 Å². The van der Waals surface area contributed by atoms with E-state index in [1.54, 1.807) is 0 Å². The van der Waals surface area contributed by atoms with Gasteiger partial charge in [0, 0.05) is 31.2 Å². The third-order valence-corrected chi connectivity index (χ3v) is 4.43. The van der Waals surface area contributed by atoms with Gasteiger partial charge in [0.05, 0.1) is 0 Å². The summed E-state index contributed by atoms with van der Waals surface area (Å²) in [5.41, 5.74) is 0. The molecule has 0 bridgehead atoms. The maximum Gasteiger partial charge on any atom is 0.0196 e. The molecule has 1 heterocycles. The number of nitrogens with one attached hydrogen (secondary N) is 1. The zero-order valence-corrected chi connectivity index (χ0v) is 11.2. The lowest BCUT2D eigenvalue weighted by Crippen LogP contribution is -2.58. The van der Waals surface area contributed by atoms with Crippen molar-refractivity contribution < 1.29 is 0 Å². The predicted octanol–water partition coefficient (Wildman–Crippen LogP) is 2.64. The quantitative estimate of drug-likeness (QED) is 0.772. The summed E-state index contributed by atoms with van der Waals surface area (Å²) >= 11 is 0. The van der Waals surface area contributed by atoms with Crippen LogP contribution in [0.25, 0.3) is 0 Å². The average molecular weight is 224 g/mol. The molecule has 1 aliphatic carbocycles. The van der Waals surface area contributed by atoms with Gasteiger partial charge in [-0.15, -0.1) is 0 Å². The van der Waals surface area contributed by atoms with E-state index in [0.29, 0.717) is 0 Å². The fraction of sp³-hybridized carbons (Fsp3) is 1.00. The van der Waals surface area contributed by atoms with Gasteiger partial charge in [-0.05, 0) is 32.1 Å². The first-order valence-corrected chi connectivity index (χ1v) is 7.23. The van der Waals surface area contributed by atoms with Gasteiger partial charge in [-0.2, -0.15) is 0 Å². The molecule has 0 aromatic heterocycles. The molecule has 2 nitrogen and oxygen atoms in total. The van der Waals surface area contributed by atoms with E-state index >= 15 is 0 Å². The minimum absolute atomic E-state index is 0.726. The molecule has 1 aliphatic heterocycles. The molecule has 2 aliphatic rings. The Morgan fingerprint density at radius 1 is 1.31 bits per heavy atom. The van der Waals surface area contributed by atoms with Gasteiger partial charge in [-0.3, -0.25) is 4.90 Å². The van der Waals surface area contributed by atoms with Crippen molar-refractivity contribution >= 4 is 0 Å². The van der Waals surface area contributed by atoms with E-state index in [2.05, 4.69) is 31.0 Å². The standard InChI is InChI=1S/C14H28N2/c1-4-13-10-16(11(3)9-15-13)14(5-2)8-12-6-7-12/h11-15H,4-10H2,1-3H3. The van der Waals surface area contributed by atoms with E-state index < -0.39 is 0 Å². The second-order valence-corrected chi connectivity index (χ2v) is 5.80. The second-order valence-electron chi connectivity index (χ2n) is 5.80. The zero-order valence-electron chi connectivity index (χ0n) is 11.2. The minimum Gasteiger partial charge on any atom is -0.311 e. The Bertz CT molecular complexity index is 213. The van der Waals surface area contributed by atoms with E-state index in [1.165, 1.54) is 45.2 Å². The summed E-state index contributed by atoms with van der Waals surface area (Å²) in [4.78, 5) is 2.78. The van der Waals surface area contributed by atoms with E-state index in [1.807, 2.05) is 0 Å². The normalized spacial score (nSPS) is 33.9. The molecule has 94 valence electrons. The minimum atomic E-state index is 0.726. The van der Waals surface area contributed by atoms with Crippen LogP contribution in [-0.4, -0.2) is 36.1 Å². The highest BCUT2D eigenvalue weighted by atomic mass is 15.2. The average Bonchev–Trinajstić information content (AvgIpc) is 3.11. The second kappa shape index (κ2) is 5.50. The summed E-state index contributed by atoms with van der Waals surface area (Å²) in [6, 6.07) is 2.30. The van der Waals surface area contributed by atoms with E-state index in [9.17, 15) is 0 Å². The van der Waals surface area contributed by atoms with Gasteiger partial charge in [0.25, 0.3) is 0 Å². The molecule has 0 radical (unpaired) electrons. The number of rotatable bonds is 5. The Labute approximate surface area is 101 Å². The van der Waals surface area contributed by atoms with Gasteiger partial charge in [0.2, 0.25) is 0 Å². The number of hydrogen-bond donors (Lipinski definition) is 1. The van der Waals surface area contributed by atoms with Crippen molar-refractivity contribution in [1.82, 2.24) is 10.2 Å². The summed E-state index contributed by atoms with van der Waals surface area (Å²) in [6.07, 6.45) is 7.04. The van der Waals surface area contributed by atoms with Crippen molar-refractivity contribution in [2.24, 2.45) is 5.92 Å². The van der Waals surface area contributed by atoms with Crippen molar-refractivity contribution in [2.45, 2.75) is 71.0 Å². The topological polar surface area (TPSA) is 15.3 Å². The Morgan fingerprint density at radius 3 is 2.62 bits per heavy atom. The molecular formula is C14H28N2. The molecule has 3 unspecified atom stereocenters. The zero-order chi connectivity index (χ0) is 11.5. The summed E-state index contributed by atoms with van der Waals surface area (Å²) in [7, 11) is 0. The molecule has 0 aromatic carbocycles. The van der Waals surface area contributed by atoms with Gasteiger partial charge in [-0.25, -0.2) is 0 Å². The SMILES string of the molecule is CCC1CN(C(CC)CC2CC2)C(C)CN1.